The van der Waals surface area contributed by atoms with Crippen LogP contribution in [-0.4, -0.2) is 22.8 Å². The highest BCUT2D eigenvalue weighted by atomic mass is 32.2. The van der Waals surface area contributed by atoms with E-state index in [0.29, 0.717) is 6.04 Å². The summed E-state index contributed by atoms with van der Waals surface area (Å²) in [6.07, 6.45) is 3.64. The standard InChI is InChI=1S/C14H19N3S/c1-10-4-5-11(2)12(8-10)13(15-3)9-18-14-16-6-7-17-14/h4-8,13,15H,9H2,1-3H3,(H,16,17). The maximum Gasteiger partial charge on any atom is 0.165 e. The molecule has 96 valence electrons. The van der Waals surface area contributed by atoms with E-state index in [1.165, 1.54) is 16.7 Å². The van der Waals surface area contributed by atoms with Crippen LogP contribution in [-0.2, 0) is 0 Å². The summed E-state index contributed by atoms with van der Waals surface area (Å²) in [6, 6.07) is 6.96. The van der Waals surface area contributed by atoms with Crippen molar-refractivity contribution in [2.75, 3.05) is 12.8 Å². The molecule has 1 unspecified atom stereocenters. The Morgan fingerprint density at radius 2 is 2.22 bits per heavy atom. The van der Waals surface area contributed by atoms with Crippen LogP contribution in [0.3, 0.4) is 0 Å². The Morgan fingerprint density at radius 3 is 2.89 bits per heavy atom. The van der Waals surface area contributed by atoms with Crippen LogP contribution in [0, 0.1) is 13.8 Å². The Balaban J connectivity index is 2.10. The molecule has 2 aromatic rings. The van der Waals surface area contributed by atoms with Crippen molar-refractivity contribution >= 4 is 11.8 Å². The molecule has 0 bridgehead atoms. The lowest BCUT2D eigenvalue weighted by Crippen LogP contribution is -2.20. The van der Waals surface area contributed by atoms with Gasteiger partial charge in [0.25, 0.3) is 0 Å². The maximum atomic E-state index is 4.24. The van der Waals surface area contributed by atoms with Crippen LogP contribution in [0.2, 0.25) is 0 Å². The first-order valence-corrected chi connectivity index (χ1v) is 7.06. The summed E-state index contributed by atoms with van der Waals surface area (Å²) in [5, 5.41) is 4.36. The molecule has 0 saturated carbocycles. The average molecular weight is 261 g/mol. The summed E-state index contributed by atoms with van der Waals surface area (Å²) in [6.45, 7) is 4.30. The number of nitrogens with zero attached hydrogens (tertiary/aromatic N) is 1. The zero-order chi connectivity index (χ0) is 13.0. The van der Waals surface area contributed by atoms with Gasteiger partial charge in [-0.25, -0.2) is 4.98 Å². The number of aromatic nitrogens is 2. The Bertz CT molecular complexity index is 494. The van der Waals surface area contributed by atoms with Gasteiger partial charge in [0.15, 0.2) is 5.16 Å². The first-order valence-electron chi connectivity index (χ1n) is 6.07. The largest absolute Gasteiger partial charge is 0.340 e. The zero-order valence-corrected chi connectivity index (χ0v) is 11.8. The molecule has 0 fully saturated rings. The molecule has 2 N–H and O–H groups in total. The van der Waals surface area contributed by atoms with E-state index >= 15 is 0 Å². The van der Waals surface area contributed by atoms with Crippen LogP contribution < -0.4 is 5.32 Å². The smallest absolute Gasteiger partial charge is 0.165 e. The minimum atomic E-state index is 0.347. The second-order valence-corrected chi connectivity index (χ2v) is 5.42. The number of thioether (sulfide) groups is 1. The van der Waals surface area contributed by atoms with Crippen molar-refractivity contribution in [1.29, 1.82) is 0 Å². The molecule has 1 atom stereocenters. The third-order valence-corrected chi connectivity index (χ3v) is 4.02. The van der Waals surface area contributed by atoms with Gasteiger partial charge in [-0.2, -0.15) is 0 Å². The van der Waals surface area contributed by atoms with Gasteiger partial charge in [-0.15, -0.1) is 0 Å². The van der Waals surface area contributed by atoms with Crippen LogP contribution in [0.1, 0.15) is 22.7 Å². The molecule has 0 spiro atoms. The fraction of sp³-hybridized carbons (Fsp3) is 0.357. The number of imidazole rings is 1. The molecule has 1 aromatic heterocycles. The summed E-state index contributed by atoms with van der Waals surface area (Å²) in [5.41, 5.74) is 4.01. The van der Waals surface area contributed by atoms with Crippen LogP contribution in [0.25, 0.3) is 0 Å². The van der Waals surface area contributed by atoms with Crippen LogP contribution >= 0.6 is 11.8 Å². The first-order chi connectivity index (χ1) is 8.70. The summed E-state index contributed by atoms with van der Waals surface area (Å²) >= 11 is 1.74. The monoisotopic (exact) mass is 261 g/mol. The lowest BCUT2D eigenvalue weighted by atomic mass is 10.0. The molecule has 0 aliphatic heterocycles. The molecule has 0 amide bonds. The van der Waals surface area contributed by atoms with E-state index < -0.39 is 0 Å². The summed E-state index contributed by atoms with van der Waals surface area (Å²) in [7, 11) is 2.01. The predicted octanol–water partition coefficient (Wildman–Crippen LogP) is 3.08. The predicted molar refractivity (Wildman–Crippen MR) is 77.0 cm³/mol. The molecule has 0 radical (unpaired) electrons. The van der Waals surface area contributed by atoms with Crippen molar-refractivity contribution in [3.05, 3.63) is 47.3 Å². The Morgan fingerprint density at radius 1 is 1.39 bits per heavy atom. The Kier molecular flexibility index (Phi) is 4.44. The van der Waals surface area contributed by atoms with Gasteiger partial charge in [-0.1, -0.05) is 35.5 Å². The fourth-order valence-electron chi connectivity index (χ4n) is 1.96. The number of aryl methyl sites for hydroxylation is 2. The van der Waals surface area contributed by atoms with Gasteiger partial charge in [0, 0.05) is 24.2 Å². The molecule has 0 saturated heterocycles. The van der Waals surface area contributed by atoms with Crippen molar-refractivity contribution < 1.29 is 0 Å². The van der Waals surface area contributed by atoms with Gasteiger partial charge in [0.05, 0.1) is 0 Å². The number of hydrogen-bond acceptors (Lipinski definition) is 3. The number of hydrogen-bond donors (Lipinski definition) is 2. The van der Waals surface area contributed by atoms with Crippen molar-refractivity contribution in [3.8, 4) is 0 Å². The molecule has 0 aliphatic carbocycles. The molecular weight excluding hydrogens is 242 g/mol. The van der Waals surface area contributed by atoms with Gasteiger partial charge >= 0.3 is 0 Å². The van der Waals surface area contributed by atoms with E-state index in [9.17, 15) is 0 Å². The quantitative estimate of drug-likeness (QED) is 0.813. The highest BCUT2D eigenvalue weighted by Gasteiger charge is 2.13. The lowest BCUT2D eigenvalue weighted by Gasteiger charge is -2.18. The fourth-order valence-corrected chi connectivity index (χ4v) is 2.91. The normalized spacial score (nSPS) is 12.6. The SMILES string of the molecule is CNC(CSc1ncc[nH]1)c1cc(C)ccc1C. The van der Waals surface area contributed by atoms with E-state index in [1.807, 2.05) is 13.2 Å². The van der Waals surface area contributed by atoms with E-state index in [1.54, 1.807) is 18.0 Å². The van der Waals surface area contributed by atoms with Gasteiger partial charge in [-0.3, -0.25) is 0 Å². The van der Waals surface area contributed by atoms with Crippen molar-refractivity contribution in [2.45, 2.75) is 25.0 Å². The van der Waals surface area contributed by atoms with Crippen molar-refractivity contribution in [1.82, 2.24) is 15.3 Å². The number of rotatable bonds is 5. The minimum Gasteiger partial charge on any atom is -0.340 e. The van der Waals surface area contributed by atoms with Crippen LogP contribution in [0.5, 0.6) is 0 Å². The van der Waals surface area contributed by atoms with Gasteiger partial charge < -0.3 is 10.3 Å². The van der Waals surface area contributed by atoms with Crippen molar-refractivity contribution in [3.63, 3.8) is 0 Å². The molecule has 2 rings (SSSR count). The molecule has 1 heterocycles. The maximum absolute atomic E-state index is 4.24. The van der Waals surface area contributed by atoms with E-state index in [0.717, 1.165) is 10.9 Å². The number of nitrogens with one attached hydrogen (secondary N) is 2. The van der Waals surface area contributed by atoms with Crippen LogP contribution in [0.4, 0.5) is 0 Å². The number of aromatic amines is 1. The second kappa shape index (κ2) is 6.07. The molecular formula is C14H19N3S. The van der Waals surface area contributed by atoms with E-state index in [2.05, 4.69) is 47.3 Å². The van der Waals surface area contributed by atoms with Gasteiger partial charge in [-0.05, 0) is 32.0 Å². The van der Waals surface area contributed by atoms with Gasteiger partial charge in [0.2, 0.25) is 0 Å². The lowest BCUT2D eigenvalue weighted by molar-refractivity contribution is 0.656. The summed E-state index contributed by atoms with van der Waals surface area (Å²) in [5.74, 6) is 0.967. The minimum absolute atomic E-state index is 0.347. The molecule has 1 aromatic carbocycles. The summed E-state index contributed by atoms with van der Waals surface area (Å²) in [4.78, 5) is 7.35. The zero-order valence-electron chi connectivity index (χ0n) is 11.0. The Hall–Kier alpha value is -1.26. The molecule has 0 aliphatic rings. The number of benzene rings is 1. The highest BCUT2D eigenvalue weighted by Crippen LogP contribution is 2.25. The van der Waals surface area contributed by atoms with E-state index in [4.69, 9.17) is 0 Å². The number of H-pyrrole nitrogens is 1. The third-order valence-electron chi connectivity index (χ3n) is 3.02. The highest BCUT2D eigenvalue weighted by molar-refractivity contribution is 7.99. The topological polar surface area (TPSA) is 40.7 Å². The third kappa shape index (κ3) is 3.15. The van der Waals surface area contributed by atoms with Crippen LogP contribution in [0.15, 0.2) is 35.7 Å². The Labute approximate surface area is 112 Å². The van der Waals surface area contributed by atoms with Crippen molar-refractivity contribution in [2.24, 2.45) is 0 Å². The molecule has 4 heteroatoms. The molecule has 18 heavy (non-hydrogen) atoms. The summed E-state index contributed by atoms with van der Waals surface area (Å²) < 4.78 is 0. The average Bonchev–Trinajstić information content (AvgIpc) is 2.87. The van der Waals surface area contributed by atoms with E-state index in [-0.39, 0.29) is 0 Å². The second-order valence-electron chi connectivity index (χ2n) is 4.41. The molecule has 3 nitrogen and oxygen atoms in total. The van der Waals surface area contributed by atoms with Gasteiger partial charge in [0.1, 0.15) is 0 Å². The first kappa shape index (κ1) is 13.2.